The number of hydrogen-bond donors (Lipinski definition) is 1. The molecule has 0 bridgehead atoms. The van der Waals surface area contributed by atoms with Gasteiger partial charge in [0.25, 0.3) is 0 Å². The first kappa shape index (κ1) is 11.6. The molecule has 0 aromatic carbocycles. The van der Waals surface area contributed by atoms with Crippen molar-refractivity contribution in [2.45, 2.75) is 52.0 Å². The molecule has 1 aliphatic carbocycles. The van der Waals surface area contributed by atoms with E-state index in [-0.39, 0.29) is 0 Å². The fourth-order valence-electron chi connectivity index (χ4n) is 2.76. The maximum atomic E-state index is 3.58. The molecule has 1 saturated carbocycles. The molecule has 1 heterocycles. The summed E-state index contributed by atoms with van der Waals surface area (Å²) in [7, 11) is 0. The van der Waals surface area contributed by atoms with E-state index in [9.17, 15) is 0 Å². The van der Waals surface area contributed by atoms with Gasteiger partial charge in [-0.3, -0.25) is 4.68 Å². The number of nitrogens with one attached hydrogen (secondary N) is 1. The molecular formula is C14H24N2. The number of nitrogens with zero attached hydrogens (tertiary/aromatic N) is 1. The largest absolute Gasteiger partial charge is 0.323 e. The Hall–Kier alpha value is -0.920. The van der Waals surface area contributed by atoms with Crippen molar-refractivity contribution in [2.75, 3.05) is 5.43 Å². The fraction of sp³-hybridized carbons (Fsp3) is 0.714. The Morgan fingerprint density at radius 3 is 2.50 bits per heavy atom. The van der Waals surface area contributed by atoms with E-state index >= 15 is 0 Å². The highest BCUT2D eigenvalue weighted by Crippen LogP contribution is 2.29. The van der Waals surface area contributed by atoms with E-state index in [1.807, 2.05) is 0 Å². The highest BCUT2D eigenvalue weighted by Gasteiger charge is 2.20. The zero-order valence-corrected chi connectivity index (χ0v) is 10.5. The van der Waals surface area contributed by atoms with E-state index in [1.54, 1.807) is 0 Å². The summed E-state index contributed by atoms with van der Waals surface area (Å²) in [4.78, 5) is 0. The monoisotopic (exact) mass is 220 g/mol. The van der Waals surface area contributed by atoms with E-state index in [0.29, 0.717) is 6.04 Å². The van der Waals surface area contributed by atoms with Crippen molar-refractivity contribution in [3.63, 3.8) is 0 Å². The van der Waals surface area contributed by atoms with Crippen LogP contribution < -0.4 is 5.43 Å². The lowest BCUT2D eigenvalue weighted by atomic mass is 9.89. The molecule has 1 fully saturated rings. The zero-order chi connectivity index (χ0) is 11.4. The Balaban J connectivity index is 1.84. The topological polar surface area (TPSA) is 17.0 Å². The fourth-order valence-corrected chi connectivity index (χ4v) is 2.76. The third-order valence-electron chi connectivity index (χ3n) is 3.89. The molecule has 16 heavy (non-hydrogen) atoms. The van der Waals surface area contributed by atoms with Crippen LogP contribution in [0.25, 0.3) is 0 Å². The maximum absolute atomic E-state index is 3.58. The molecule has 90 valence electrons. The van der Waals surface area contributed by atoms with Crippen LogP contribution in [0.2, 0.25) is 0 Å². The molecular weight excluding hydrogens is 196 g/mol. The van der Waals surface area contributed by atoms with Gasteiger partial charge < -0.3 is 5.43 Å². The number of hydrogen-bond acceptors (Lipinski definition) is 1. The quantitative estimate of drug-likeness (QED) is 0.770. The van der Waals surface area contributed by atoms with Gasteiger partial charge in [-0.1, -0.05) is 26.7 Å². The summed E-state index contributed by atoms with van der Waals surface area (Å²) in [6.45, 7) is 4.73. The van der Waals surface area contributed by atoms with Crippen molar-refractivity contribution in [1.29, 1.82) is 0 Å². The van der Waals surface area contributed by atoms with E-state index < -0.39 is 0 Å². The Morgan fingerprint density at radius 1 is 1.06 bits per heavy atom. The van der Waals surface area contributed by atoms with Crippen LogP contribution in [-0.4, -0.2) is 10.7 Å². The lowest BCUT2D eigenvalue weighted by Crippen LogP contribution is -2.26. The van der Waals surface area contributed by atoms with Crippen molar-refractivity contribution >= 4 is 0 Å². The van der Waals surface area contributed by atoms with Crippen LogP contribution in [0.15, 0.2) is 24.5 Å². The first-order chi connectivity index (χ1) is 7.75. The van der Waals surface area contributed by atoms with E-state index in [2.05, 4.69) is 48.5 Å². The molecule has 1 aliphatic rings. The minimum Gasteiger partial charge on any atom is -0.323 e. The first-order valence-electron chi connectivity index (χ1n) is 6.65. The first-order valence-corrected chi connectivity index (χ1v) is 6.65. The molecule has 1 N–H and O–H groups in total. The van der Waals surface area contributed by atoms with Crippen LogP contribution in [-0.2, 0) is 0 Å². The average molecular weight is 220 g/mol. The second kappa shape index (κ2) is 5.42. The van der Waals surface area contributed by atoms with Crippen LogP contribution in [0, 0.1) is 11.8 Å². The summed E-state index contributed by atoms with van der Waals surface area (Å²) < 4.78 is 2.10. The zero-order valence-electron chi connectivity index (χ0n) is 10.5. The molecule has 2 nitrogen and oxygen atoms in total. The third kappa shape index (κ3) is 3.03. The van der Waals surface area contributed by atoms with Gasteiger partial charge in [0, 0.05) is 18.4 Å². The summed E-state index contributed by atoms with van der Waals surface area (Å²) in [6, 6.07) is 4.80. The molecule has 2 rings (SSSR count). The van der Waals surface area contributed by atoms with Crippen molar-refractivity contribution in [1.82, 2.24) is 4.68 Å². The molecule has 2 unspecified atom stereocenters. The van der Waals surface area contributed by atoms with E-state index in [1.165, 1.54) is 32.1 Å². The molecule has 0 amide bonds. The van der Waals surface area contributed by atoms with Gasteiger partial charge in [0.05, 0.1) is 0 Å². The lowest BCUT2D eigenvalue weighted by molar-refractivity contribution is 0.341. The Morgan fingerprint density at radius 2 is 1.81 bits per heavy atom. The highest BCUT2D eigenvalue weighted by molar-refractivity contribution is 4.96. The van der Waals surface area contributed by atoms with Crippen molar-refractivity contribution in [2.24, 2.45) is 11.8 Å². The van der Waals surface area contributed by atoms with E-state index in [0.717, 1.165) is 11.8 Å². The van der Waals surface area contributed by atoms with Crippen LogP contribution in [0.5, 0.6) is 0 Å². The number of rotatable bonds is 3. The summed E-state index contributed by atoms with van der Waals surface area (Å²) in [5.41, 5.74) is 3.58. The van der Waals surface area contributed by atoms with Gasteiger partial charge in [-0.15, -0.1) is 0 Å². The van der Waals surface area contributed by atoms with Gasteiger partial charge in [0.15, 0.2) is 0 Å². The van der Waals surface area contributed by atoms with Crippen LogP contribution in [0.3, 0.4) is 0 Å². The van der Waals surface area contributed by atoms with Gasteiger partial charge in [-0.25, -0.2) is 0 Å². The Kier molecular flexibility index (Phi) is 3.92. The second-order valence-corrected chi connectivity index (χ2v) is 5.43. The Bertz CT molecular complexity index is 290. The minimum atomic E-state index is 0.663. The summed E-state index contributed by atoms with van der Waals surface area (Å²) in [6.07, 6.45) is 11.0. The smallest absolute Gasteiger partial charge is 0.0424 e. The molecule has 2 atom stereocenters. The molecule has 2 heteroatoms. The van der Waals surface area contributed by atoms with Crippen molar-refractivity contribution in [3.05, 3.63) is 24.5 Å². The van der Waals surface area contributed by atoms with Crippen LogP contribution in [0.1, 0.15) is 46.0 Å². The predicted octanol–water partition coefficient (Wildman–Crippen LogP) is 3.64. The van der Waals surface area contributed by atoms with Gasteiger partial charge in [0.2, 0.25) is 0 Å². The summed E-state index contributed by atoms with van der Waals surface area (Å²) in [5, 5.41) is 0. The average Bonchev–Trinajstić information content (AvgIpc) is 2.63. The lowest BCUT2D eigenvalue weighted by Gasteiger charge is -2.20. The van der Waals surface area contributed by atoms with Gasteiger partial charge in [-0.2, -0.15) is 0 Å². The standard InChI is InChI=1S/C14H24N2/c1-12(2)13-6-5-7-14(9-8-13)15-16-10-3-4-11-16/h3-4,10-15H,5-9H2,1-2H3. The molecule has 0 spiro atoms. The SMILES string of the molecule is CC(C)C1CCCC(Nn2cccc2)CC1. The molecule has 1 aromatic heterocycles. The third-order valence-corrected chi connectivity index (χ3v) is 3.89. The predicted molar refractivity (Wildman–Crippen MR) is 69.0 cm³/mol. The van der Waals surface area contributed by atoms with Gasteiger partial charge >= 0.3 is 0 Å². The number of aromatic nitrogens is 1. The molecule has 1 aromatic rings. The molecule has 0 radical (unpaired) electrons. The highest BCUT2D eigenvalue weighted by atomic mass is 15.4. The van der Waals surface area contributed by atoms with Crippen molar-refractivity contribution < 1.29 is 0 Å². The van der Waals surface area contributed by atoms with Gasteiger partial charge in [0.1, 0.15) is 0 Å². The van der Waals surface area contributed by atoms with E-state index in [4.69, 9.17) is 0 Å². The maximum Gasteiger partial charge on any atom is 0.0424 e. The van der Waals surface area contributed by atoms with Crippen LogP contribution >= 0.6 is 0 Å². The minimum absolute atomic E-state index is 0.663. The normalized spacial score (nSPS) is 26.7. The molecule has 0 aliphatic heterocycles. The van der Waals surface area contributed by atoms with Crippen molar-refractivity contribution in [3.8, 4) is 0 Å². The Labute approximate surface area is 99.0 Å². The van der Waals surface area contributed by atoms with Crippen LogP contribution in [0.4, 0.5) is 0 Å². The summed E-state index contributed by atoms with van der Waals surface area (Å²) >= 11 is 0. The van der Waals surface area contributed by atoms with Gasteiger partial charge in [-0.05, 0) is 43.2 Å². The summed E-state index contributed by atoms with van der Waals surface area (Å²) in [5.74, 6) is 1.79. The molecule has 0 saturated heterocycles. The second-order valence-electron chi connectivity index (χ2n) is 5.43.